The molecule has 0 N–H and O–H groups in total. The summed E-state index contributed by atoms with van der Waals surface area (Å²) in [5.74, 6) is -0.0131. The predicted molar refractivity (Wildman–Crippen MR) is 109 cm³/mol. The van der Waals surface area contributed by atoms with E-state index in [0.29, 0.717) is 0 Å². The average molecular weight is 397 g/mol. The van der Waals surface area contributed by atoms with Crippen LogP contribution in [0.25, 0.3) is 0 Å². The van der Waals surface area contributed by atoms with Gasteiger partial charge in [-0.25, -0.2) is 0 Å². The summed E-state index contributed by atoms with van der Waals surface area (Å²) in [6.45, 7) is 4.35. The van der Waals surface area contributed by atoms with Gasteiger partial charge in [-0.1, -0.05) is 24.6 Å². The maximum atomic E-state index is 13.7. The second-order valence-electron chi connectivity index (χ2n) is 9.88. The molecule has 0 spiro atoms. The van der Waals surface area contributed by atoms with E-state index in [1.807, 2.05) is 32.2 Å². The van der Waals surface area contributed by atoms with Crippen molar-refractivity contribution in [2.45, 2.75) is 64.5 Å². The first-order valence-electron chi connectivity index (χ1n) is 10.4. The van der Waals surface area contributed by atoms with E-state index in [0.717, 1.165) is 60.5 Å². The maximum absolute atomic E-state index is 13.7. The van der Waals surface area contributed by atoms with Gasteiger partial charge in [0.25, 0.3) is 0 Å². The highest BCUT2D eigenvalue weighted by molar-refractivity contribution is 6.36. The number of hydrogen-bond donors (Lipinski definition) is 0. The molecule has 2 saturated carbocycles. The molecule has 0 radical (unpaired) electrons. The van der Waals surface area contributed by atoms with Gasteiger partial charge >= 0.3 is 0 Å². The molecule has 1 aromatic carbocycles. The Labute approximate surface area is 171 Å². The number of nitrogens with zero attached hydrogens (tertiary/aromatic N) is 3. The van der Waals surface area contributed by atoms with Crippen molar-refractivity contribution in [2.75, 3.05) is 7.05 Å². The Morgan fingerprint density at radius 1 is 1.36 bits per heavy atom. The van der Waals surface area contributed by atoms with Crippen LogP contribution in [0.2, 0.25) is 5.02 Å². The lowest BCUT2D eigenvalue weighted by atomic mass is 9.59. The molecule has 3 aliphatic heterocycles. The Kier molecular flexibility index (Phi) is 3.78. The number of amides is 1. The molecule has 5 aliphatic rings. The van der Waals surface area contributed by atoms with E-state index in [2.05, 4.69) is 22.5 Å². The van der Waals surface area contributed by atoms with Gasteiger partial charge in [-0.2, -0.15) is 9.84 Å². The fraction of sp³-hybridized carbons (Fsp3) is 0.609. The predicted octanol–water partition coefficient (Wildman–Crippen LogP) is 4.52. The van der Waals surface area contributed by atoms with Crippen LogP contribution in [0.3, 0.4) is 0 Å². The highest BCUT2D eigenvalue weighted by Crippen LogP contribution is 2.59. The maximum Gasteiger partial charge on any atom is 0.236 e. The van der Waals surface area contributed by atoms with Gasteiger partial charge in [-0.15, -0.1) is 0 Å². The normalized spacial score (nSPS) is 36.5. The number of hydrogen-bond acceptors (Lipinski definition) is 2. The van der Waals surface area contributed by atoms with Gasteiger partial charge in [0.2, 0.25) is 17.3 Å². The van der Waals surface area contributed by atoms with Crippen molar-refractivity contribution in [2.24, 2.45) is 16.7 Å². The first-order valence-corrected chi connectivity index (χ1v) is 10.8. The number of benzene rings is 1. The number of halogens is 1. The largest absolute Gasteiger partial charge is 0.336 e. The van der Waals surface area contributed by atoms with E-state index < -0.39 is 0 Å². The van der Waals surface area contributed by atoms with Gasteiger partial charge in [-0.05, 0) is 56.9 Å². The Morgan fingerprint density at radius 2 is 2.11 bits per heavy atom. The Hall–Kier alpha value is -1.86. The molecule has 6 rings (SSSR count). The molecule has 5 unspecified atom stereocenters. The second kappa shape index (κ2) is 5.83. The lowest BCUT2D eigenvalue weighted by Crippen LogP contribution is -2.59. The zero-order valence-electron chi connectivity index (χ0n) is 16.8. The van der Waals surface area contributed by atoms with Gasteiger partial charge in [-0.3, -0.25) is 4.79 Å². The summed E-state index contributed by atoms with van der Waals surface area (Å²) in [5.41, 5.74) is 3.11. The van der Waals surface area contributed by atoms with Gasteiger partial charge in [0, 0.05) is 18.2 Å². The summed E-state index contributed by atoms with van der Waals surface area (Å²) in [6.07, 6.45) is 5.81. The van der Waals surface area contributed by atoms with Crippen molar-refractivity contribution < 1.29 is 9.37 Å². The highest BCUT2D eigenvalue weighted by Gasteiger charge is 2.58. The van der Waals surface area contributed by atoms with Crippen molar-refractivity contribution in [1.29, 1.82) is 5.26 Å². The first kappa shape index (κ1) is 18.2. The SMILES string of the molecule is CC(C(=O)N1C2CCC3(C#N)CC1CC(C)(C2)C3)C1=[N+](C)c2cccc(Cl)c21. The van der Waals surface area contributed by atoms with Crippen LogP contribution in [-0.4, -0.2) is 40.2 Å². The molecule has 2 saturated heterocycles. The van der Waals surface area contributed by atoms with Crippen LogP contribution >= 0.6 is 11.6 Å². The zero-order chi connectivity index (χ0) is 19.8. The van der Waals surface area contributed by atoms with E-state index in [-0.39, 0.29) is 34.7 Å². The summed E-state index contributed by atoms with van der Waals surface area (Å²) in [6, 6.07) is 9.04. The quantitative estimate of drug-likeness (QED) is 0.690. The summed E-state index contributed by atoms with van der Waals surface area (Å²) in [7, 11) is 2.02. The van der Waals surface area contributed by atoms with Crippen LogP contribution in [-0.2, 0) is 4.79 Å². The Bertz CT molecular complexity index is 963. The van der Waals surface area contributed by atoms with Crippen LogP contribution < -0.4 is 0 Å². The molecule has 5 atom stereocenters. The minimum atomic E-state index is -0.235. The third-order valence-electron chi connectivity index (χ3n) is 7.83. The molecule has 4 fully saturated rings. The molecule has 146 valence electrons. The number of nitriles is 1. The van der Waals surface area contributed by atoms with Gasteiger partial charge in [0.15, 0.2) is 0 Å². The molecular weight excluding hydrogens is 370 g/mol. The third kappa shape index (κ3) is 2.35. The standard InChI is InChI=1S/C23H27ClN3O/c1-14(20-19-17(24)5-4-6-18(19)26(20)3)21(28)27-15-7-8-23(13-25)11-16(27)10-22(2,9-15)12-23/h4-6,14-16H,7-12H2,1-3H3/q+1. The zero-order valence-corrected chi connectivity index (χ0v) is 17.6. The second-order valence-corrected chi connectivity index (χ2v) is 10.3. The first-order chi connectivity index (χ1) is 13.3. The molecule has 4 bridgehead atoms. The van der Waals surface area contributed by atoms with Gasteiger partial charge in [0.1, 0.15) is 18.5 Å². The number of fused-ring (bicyclic) bond motifs is 2. The van der Waals surface area contributed by atoms with Crippen molar-refractivity contribution in [1.82, 2.24) is 4.90 Å². The van der Waals surface area contributed by atoms with Crippen molar-refractivity contribution in [3.8, 4) is 6.07 Å². The number of rotatable bonds is 2. The van der Waals surface area contributed by atoms with Crippen molar-refractivity contribution >= 4 is 28.9 Å². The molecule has 4 nitrogen and oxygen atoms in total. The van der Waals surface area contributed by atoms with E-state index in [4.69, 9.17) is 11.6 Å². The monoisotopic (exact) mass is 396 g/mol. The molecular formula is C23H27ClN3O+. The third-order valence-corrected chi connectivity index (χ3v) is 8.15. The van der Waals surface area contributed by atoms with Gasteiger partial charge in [0.05, 0.1) is 16.5 Å². The summed E-state index contributed by atoms with van der Waals surface area (Å²) < 4.78 is 2.10. The van der Waals surface area contributed by atoms with Crippen LogP contribution in [0.15, 0.2) is 18.2 Å². The Balaban J connectivity index is 1.48. The lowest BCUT2D eigenvalue weighted by Gasteiger charge is -2.54. The van der Waals surface area contributed by atoms with Crippen LogP contribution in [0.4, 0.5) is 5.69 Å². The van der Waals surface area contributed by atoms with Crippen LogP contribution in [0.5, 0.6) is 0 Å². The van der Waals surface area contributed by atoms with E-state index in [9.17, 15) is 10.1 Å². The molecule has 1 aromatic rings. The Morgan fingerprint density at radius 3 is 2.86 bits per heavy atom. The fourth-order valence-electron chi connectivity index (χ4n) is 6.88. The number of carbonyl (C=O) groups excluding carboxylic acids is 1. The molecule has 1 amide bonds. The molecule has 3 heterocycles. The molecule has 2 aliphatic carbocycles. The minimum absolute atomic E-state index is 0.200. The molecule has 0 aromatic heterocycles. The van der Waals surface area contributed by atoms with Crippen molar-refractivity contribution in [3.05, 3.63) is 28.8 Å². The average Bonchev–Trinajstić information content (AvgIpc) is 2.82. The topological polar surface area (TPSA) is 47.1 Å². The summed E-state index contributed by atoms with van der Waals surface area (Å²) in [5, 5.41) is 10.7. The van der Waals surface area contributed by atoms with Crippen LogP contribution in [0, 0.1) is 28.1 Å². The fourth-order valence-corrected chi connectivity index (χ4v) is 7.15. The number of piperidine rings is 1. The van der Waals surface area contributed by atoms with Crippen LogP contribution in [0.1, 0.15) is 57.9 Å². The van der Waals surface area contributed by atoms with E-state index >= 15 is 0 Å². The number of carbonyl (C=O) groups is 1. The highest BCUT2D eigenvalue weighted by atomic mass is 35.5. The van der Waals surface area contributed by atoms with Gasteiger partial charge < -0.3 is 4.90 Å². The summed E-state index contributed by atoms with van der Waals surface area (Å²) >= 11 is 6.45. The van der Waals surface area contributed by atoms with E-state index in [1.54, 1.807) is 0 Å². The van der Waals surface area contributed by atoms with E-state index in [1.165, 1.54) is 0 Å². The molecule has 28 heavy (non-hydrogen) atoms. The van der Waals surface area contributed by atoms with Crippen molar-refractivity contribution in [3.63, 3.8) is 0 Å². The smallest absolute Gasteiger partial charge is 0.236 e. The molecule has 5 heteroatoms. The lowest BCUT2D eigenvalue weighted by molar-refractivity contribution is -0.420. The summed E-state index contributed by atoms with van der Waals surface area (Å²) in [4.78, 5) is 15.9. The minimum Gasteiger partial charge on any atom is -0.336 e.